The number of likely N-dealkylation sites (tertiary alicyclic amines) is 1. The predicted molar refractivity (Wildman–Crippen MR) is 94.6 cm³/mol. The number of hydrogen-bond acceptors (Lipinski definition) is 5. The zero-order valence-electron chi connectivity index (χ0n) is 15.0. The Kier molecular flexibility index (Phi) is 5.04. The molecule has 1 amide bonds. The van der Waals surface area contributed by atoms with Gasteiger partial charge in [0.15, 0.2) is 5.76 Å². The van der Waals surface area contributed by atoms with Crippen molar-refractivity contribution >= 4 is 5.91 Å². The van der Waals surface area contributed by atoms with Crippen LogP contribution in [0.2, 0.25) is 0 Å². The lowest BCUT2D eigenvalue weighted by molar-refractivity contribution is 0.0623. The molecular weight excluding hydrogens is 332 g/mol. The standard InChI is InChI=1S/C20H24N2O4/c1-14-5-9-25-19(14)20(23)22-10-17-15(12-26-18(17)11-22)6-8-24-13-16-4-2-3-7-21-16/h2-5,7,9,15,17-18H,6,8,10-13H2,1H3/t15-,17-,18-/m0/s1. The zero-order chi connectivity index (χ0) is 17.9. The third kappa shape index (κ3) is 3.52. The first-order valence-electron chi connectivity index (χ1n) is 9.15. The fourth-order valence-corrected chi connectivity index (χ4v) is 3.89. The Labute approximate surface area is 153 Å². The van der Waals surface area contributed by atoms with Crippen LogP contribution < -0.4 is 0 Å². The summed E-state index contributed by atoms with van der Waals surface area (Å²) >= 11 is 0. The van der Waals surface area contributed by atoms with Gasteiger partial charge in [0.25, 0.3) is 5.91 Å². The molecule has 0 spiro atoms. The Morgan fingerprint density at radius 2 is 2.27 bits per heavy atom. The molecule has 138 valence electrons. The highest BCUT2D eigenvalue weighted by Gasteiger charge is 2.45. The van der Waals surface area contributed by atoms with Crippen molar-refractivity contribution in [1.82, 2.24) is 9.88 Å². The fraction of sp³-hybridized carbons (Fsp3) is 0.500. The molecule has 4 rings (SSSR count). The molecule has 0 bridgehead atoms. The van der Waals surface area contributed by atoms with Crippen molar-refractivity contribution in [3.05, 3.63) is 53.7 Å². The third-order valence-electron chi connectivity index (χ3n) is 5.39. The van der Waals surface area contributed by atoms with Gasteiger partial charge in [-0.05, 0) is 37.5 Å². The van der Waals surface area contributed by atoms with Crippen LogP contribution in [-0.2, 0) is 16.1 Å². The smallest absolute Gasteiger partial charge is 0.289 e. The van der Waals surface area contributed by atoms with Gasteiger partial charge in [-0.1, -0.05) is 6.07 Å². The van der Waals surface area contributed by atoms with E-state index in [1.54, 1.807) is 12.5 Å². The van der Waals surface area contributed by atoms with E-state index < -0.39 is 0 Å². The first kappa shape index (κ1) is 17.2. The summed E-state index contributed by atoms with van der Waals surface area (Å²) in [6.45, 7) is 5.24. The lowest BCUT2D eigenvalue weighted by Crippen LogP contribution is -2.31. The summed E-state index contributed by atoms with van der Waals surface area (Å²) in [6, 6.07) is 7.65. The second-order valence-electron chi connectivity index (χ2n) is 7.10. The number of aryl methyl sites for hydroxylation is 1. The summed E-state index contributed by atoms with van der Waals surface area (Å²) < 4.78 is 17.1. The highest BCUT2D eigenvalue weighted by molar-refractivity contribution is 5.93. The predicted octanol–water partition coefficient (Wildman–Crippen LogP) is 2.68. The van der Waals surface area contributed by atoms with Crippen LogP contribution in [-0.4, -0.2) is 48.2 Å². The van der Waals surface area contributed by atoms with Crippen molar-refractivity contribution in [2.45, 2.75) is 26.1 Å². The number of aromatic nitrogens is 1. The summed E-state index contributed by atoms with van der Waals surface area (Å²) in [5.74, 6) is 1.22. The maximum Gasteiger partial charge on any atom is 0.289 e. The van der Waals surface area contributed by atoms with E-state index in [-0.39, 0.29) is 12.0 Å². The van der Waals surface area contributed by atoms with E-state index in [1.807, 2.05) is 36.1 Å². The van der Waals surface area contributed by atoms with E-state index in [0.29, 0.717) is 37.4 Å². The number of nitrogens with zero attached hydrogens (tertiary/aromatic N) is 2. The lowest BCUT2D eigenvalue weighted by Gasteiger charge is -2.19. The summed E-state index contributed by atoms with van der Waals surface area (Å²) in [5.41, 5.74) is 1.83. The average Bonchev–Trinajstić information content (AvgIpc) is 3.35. The molecule has 0 unspecified atom stereocenters. The maximum absolute atomic E-state index is 12.6. The van der Waals surface area contributed by atoms with E-state index in [0.717, 1.165) is 30.8 Å². The van der Waals surface area contributed by atoms with Crippen molar-refractivity contribution in [3.63, 3.8) is 0 Å². The van der Waals surface area contributed by atoms with Gasteiger partial charge in [-0.15, -0.1) is 0 Å². The van der Waals surface area contributed by atoms with Crippen molar-refractivity contribution in [3.8, 4) is 0 Å². The van der Waals surface area contributed by atoms with Crippen molar-refractivity contribution in [2.24, 2.45) is 11.8 Å². The Bertz CT molecular complexity index is 745. The molecule has 2 aliphatic rings. The fourth-order valence-electron chi connectivity index (χ4n) is 3.89. The Morgan fingerprint density at radius 1 is 1.35 bits per heavy atom. The molecule has 2 fully saturated rings. The van der Waals surface area contributed by atoms with Gasteiger partial charge in [0, 0.05) is 37.4 Å². The number of fused-ring (bicyclic) bond motifs is 1. The molecule has 0 radical (unpaired) electrons. The van der Waals surface area contributed by atoms with Crippen molar-refractivity contribution in [1.29, 1.82) is 0 Å². The molecule has 26 heavy (non-hydrogen) atoms. The van der Waals surface area contributed by atoms with Crippen molar-refractivity contribution in [2.75, 3.05) is 26.3 Å². The normalized spacial score (nSPS) is 24.8. The summed E-state index contributed by atoms with van der Waals surface area (Å²) in [6.07, 6.45) is 4.42. The molecular formula is C20H24N2O4. The van der Waals surface area contributed by atoms with Crippen LogP contribution in [0.1, 0.15) is 28.2 Å². The topological polar surface area (TPSA) is 64.8 Å². The van der Waals surface area contributed by atoms with Gasteiger partial charge >= 0.3 is 0 Å². The number of rotatable bonds is 6. The van der Waals surface area contributed by atoms with Crippen LogP contribution in [0.5, 0.6) is 0 Å². The monoisotopic (exact) mass is 356 g/mol. The second-order valence-corrected chi connectivity index (χ2v) is 7.10. The molecule has 0 aliphatic carbocycles. The van der Waals surface area contributed by atoms with E-state index in [1.165, 1.54) is 0 Å². The molecule has 6 nitrogen and oxygen atoms in total. The van der Waals surface area contributed by atoms with Crippen LogP contribution in [0.15, 0.2) is 41.1 Å². The number of pyridine rings is 1. The highest BCUT2D eigenvalue weighted by Crippen LogP contribution is 2.36. The third-order valence-corrected chi connectivity index (χ3v) is 5.39. The van der Waals surface area contributed by atoms with Gasteiger partial charge in [0.2, 0.25) is 0 Å². The van der Waals surface area contributed by atoms with E-state index in [4.69, 9.17) is 13.9 Å². The van der Waals surface area contributed by atoms with E-state index in [9.17, 15) is 4.79 Å². The first-order chi connectivity index (χ1) is 12.7. The number of furan rings is 1. The van der Waals surface area contributed by atoms with E-state index >= 15 is 0 Å². The van der Waals surface area contributed by atoms with E-state index in [2.05, 4.69) is 4.98 Å². The van der Waals surface area contributed by atoms with Gasteiger partial charge in [-0.25, -0.2) is 0 Å². The number of amides is 1. The van der Waals surface area contributed by atoms with Gasteiger partial charge in [0.1, 0.15) is 0 Å². The van der Waals surface area contributed by atoms with Crippen LogP contribution in [0.4, 0.5) is 0 Å². The molecule has 2 aromatic heterocycles. The van der Waals surface area contributed by atoms with Gasteiger partial charge < -0.3 is 18.8 Å². The Hall–Kier alpha value is -2.18. The van der Waals surface area contributed by atoms with Gasteiger partial charge in [-0.3, -0.25) is 9.78 Å². The largest absolute Gasteiger partial charge is 0.459 e. The number of carbonyl (C=O) groups is 1. The van der Waals surface area contributed by atoms with Gasteiger partial charge in [-0.2, -0.15) is 0 Å². The van der Waals surface area contributed by atoms with Crippen LogP contribution in [0, 0.1) is 18.8 Å². The zero-order valence-corrected chi connectivity index (χ0v) is 15.0. The quantitative estimate of drug-likeness (QED) is 0.745. The van der Waals surface area contributed by atoms with Gasteiger partial charge in [0.05, 0.1) is 31.3 Å². The number of hydrogen-bond donors (Lipinski definition) is 0. The maximum atomic E-state index is 12.6. The Morgan fingerprint density at radius 3 is 3.04 bits per heavy atom. The second kappa shape index (κ2) is 7.60. The molecule has 2 saturated heterocycles. The lowest BCUT2D eigenvalue weighted by atomic mass is 9.91. The highest BCUT2D eigenvalue weighted by atomic mass is 16.5. The molecule has 2 aromatic rings. The Balaban J connectivity index is 1.27. The molecule has 0 saturated carbocycles. The van der Waals surface area contributed by atoms with Crippen LogP contribution in [0.25, 0.3) is 0 Å². The van der Waals surface area contributed by atoms with Crippen LogP contribution >= 0.6 is 0 Å². The summed E-state index contributed by atoms with van der Waals surface area (Å²) in [4.78, 5) is 18.8. The molecule has 2 aliphatic heterocycles. The molecule has 6 heteroatoms. The SMILES string of the molecule is Cc1ccoc1C(=O)N1C[C@H]2[C@@H](CCOCc3ccccn3)CO[C@H]2C1. The average molecular weight is 356 g/mol. The summed E-state index contributed by atoms with van der Waals surface area (Å²) in [7, 11) is 0. The number of carbonyl (C=O) groups excluding carboxylic acids is 1. The molecule has 4 heterocycles. The molecule has 0 aromatic carbocycles. The molecule has 0 N–H and O–H groups in total. The molecule has 3 atom stereocenters. The van der Waals surface area contributed by atoms with Crippen molar-refractivity contribution < 1.29 is 18.7 Å². The minimum Gasteiger partial charge on any atom is -0.459 e. The first-order valence-corrected chi connectivity index (χ1v) is 9.15. The minimum absolute atomic E-state index is 0.0318. The minimum atomic E-state index is -0.0318. The van der Waals surface area contributed by atoms with Crippen LogP contribution in [0.3, 0.4) is 0 Å². The number of ether oxygens (including phenoxy) is 2. The summed E-state index contributed by atoms with van der Waals surface area (Å²) in [5, 5.41) is 0.